The van der Waals surface area contributed by atoms with Crippen molar-refractivity contribution in [3.63, 3.8) is 0 Å². The number of hydrogen-bond acceptors (Lipinski definition) is 5. The number of ketones is 1. The topological polar surface area (TPSA) is 59.8 Å². The van der Waals surface area contributed by atoms with Crippen molar-refractivity contribution in [2.75, 3.05) is 11.9 Å². The number of carbonyl (C=O) groups is 1. The van der Waals surface area contributed by atoms with Crippen LogP contribution in [-0.2, 0) is 7.05 Å². The molecular weight excluding hydrogens is 272 g/mol. The number of thiazole rings is 1. The summed E-state index contributed by atoms with van der Waals surface area (Å²) in [5.74, 6) is 0.697. The normalized spacial score (nSPS) is 10.6. The minimum atomic E-state index is -0.0229. The molecule has 0 spiro atoms. The number of nitrogens with one attached hydrogen (secondary N) is 1. The van der Waals surface area contributed by atoms with Crippen molar-refractivity contribution in [1.29, 1.82) is 0 Å². The average Bonchev–Trinajstić information content (AvgIpc) is 2.85. The van der Waals surface area contributed by atoms with Gasteiger partial charge in [0, 0.05) is 13.6 Å². The van der Waals surface area contributed by atoms with E-state index in [0.29, 0.717) is 17.0 Å². The van der Waals surface area contributed by atoms with Gasteiger partial charge in [-0.05, 0) is 20.8 Å². The van der Waals surface area contributed by atoms with Gasteiger partial charge in [-0.1, -0.05) is 6.08 Å². The highest BCUT2D eigenvalue weighted by Gasteiger charge is 2.24. The van der Waals surface area contributed by atoms with Crippen LogP contribution in [0.25, 0.3) is 0 Å². The molecule has 2 heterocycles. The molecule has 0 atom stereocenters. The SMILES string of the molecule is C=CCNc1c(C(=O)c2sc(C)nc2C)c(C)nn1C. The Morgan fingerprint density at radius 1 is 1.40 bits per heavy atom. The van der Waals surface area contributed by atoms with Crippen LogP contribution >= 0.6 is 11.3 Å². The van der Waals surface area contributed by atoms with Crippen LogP contribution in [-0.4, -0.2) is 27.1 Å². The quantitative estimate of drug-likeness (QED) is 0.679. The van der Waals surface area contributed by atoms with Crippen molar-refractivity contribution in [2.45, 2.75) is 20.8 Å². The van der Waals surface area contributed by atoms with E-state index in [1.54, 1.807) is 10.8 Å². The van der Waals surface area contributed by atoms with Gasteiger partial charge in [0.1, 0.15) is 5.82 Å². The minimum absolute atomic E-state index is 0.0229. The highest BCUT2D eigenvalue weighted by Crippen LogP contribution is 2.27. The number of hydrogen-bond donors (Lipinski definition) is 1. The summed E-state index contributed by atoms with van der Waals surface area (Å²) in [6.45, 7) is 9.87. The molecule has 106 valence electrons. The van der Waals surface area contributed by atoms with Gasteiger partial charge in [0.25, 0.3) is 0 Å². The number of nitrogens with zero attached hydrogens (tertiary/aromatic N) is 3. The van der Waals surface area contributed by atoms with Crippen molar-refractivity contribution in [1.82, 2.24) is 14.8 Å². The fraction of sp³-hybridized carbons (Fsp3) is 0.357. The van der Waals surface area contributed by atoms with Crippen LogP contribution in [0, 0.1) is 20.8 Å². The third kappa shape index (κ3) is 2.51. The summed E-state index contributed by atoms with van der Waals surface area (Å²) in [6.07, 6.45) is 1.75. The minimum Gasteiger partial charge on any atom is -0.366 e. The molecule has 0 aliphatic rings. The summed E-state index contributed by atoms with van der Waals surface area (Å²) in [5.41, 5.74) is 2.10. The summed E-state index contributed by atoms with van der Waals surface area (Å²) >= 11 is 1.42. The Kier molecular flexibility index (Phi) is 4.04. The van der Waals surface area contributed by atoms with E-state index in [0.717, 1.165) is 22.2 Å². The first kappa shape index (κ1) is 14.5. The molecule has 0 unspecified atom stereocenters. The molecule has 5 nitrogen and oxygen atoms in total. The van der Waals surface area contributed by atoms with Gasteiger partial charge in [-0.3, -0.25) is 9.48 Å². The highest BCUT2D eigenvalue weighted by atomic mass is 32.1. The monoisotopic (exact) mass is 290 g/mol. The van der Waals surface area contributed by atoms with E-state index in [2.05, 4.69) is 22.0 Å². The molecule has 0 aromatic carbocycles. The molecule has 20 heavy (non-hydrogen) atoms. The molecule has 6 heteroatoms. The van der Waals surface area contributed by atoms with Crippen molar-refractivity contribution in [3.05, 3.63) is 39.5 Å². The molecule has 0 aliphatic heterocycles. The van der Waals surface area contributed by atoms with Crippen molar-refractivity contribution >= 4 is 22.9 Å². The summed E-state index contributed by atoms with van der Waals surface area (Å²) in [4.78, 5) is 17.8. The zero-order valence-corrected chi connectivity index (χ0v) is 13.0. The summed E-state index contributed by atoms with van der Waals surface area (Å²) in [7, 11) is 1.82. The van der Waals surface area contributed by atoms with Crippen LogP contribution in [0.4, 0.5) is 5.82 Å². The zero-order chi connectivity index (χ0) is 14.9. The lowest BCUT2D eigenvalue weighted by molar-refractivity contribution is 0.104. The number of rotatable bonds is 5. The Balaban J connectivity index is 2.48. The Morgan fingerprint density at radius 3 is 2.65 bits per heavy atom. The summed E-state index contributed by atoms with van der Waals surface area (Å²) in [5, 5.41) is 8.40. The first-order chi connectivity index (χ1) is 9.45. The van der Waals surface area contributed by atoms with E-state index < -0.39 is 0 Å². The third-order valence-corrected chi connectivity index (χ3v) is 4.04. The number of aryl methyl sites for hydroxylation is 4. The van der Waals surface area contributed by atoms with Gasteiger partial charge in [0.2, 0.25) is 5.78 Å². The largest absolute Gasteiger partial charge is 0.366 e. The van der Waals surface area contributed by atoms with Gasteiger partial charge in [-0.25, -0.2) is 4.98 Å². The van der Waals surface area contributed by atoms with E-state index >= 15 is 0 Å². The molecule has 0 radical (unpaired) electrons. The molecule has 2 rings (SSSR count). The van der Waals surface area contributed by atoms with Gasteiger partial charge < -0.3 is 5.32 Å². The third-order valence-electron chi connectivity index (χ3n) is 2.97. The van der Waals surface area contributed by atoms with Crippen molar-refractivity contribution < 1.29 is 4.79 Å². The maximum Gasteiger partial charge on any atom is 0.210 e. The lowest BCUT2D eigenvalue weighted by atomic mass is 10.1. The van der Waals surface area contributed by atoms with Crippen LogP contribution in [0.2, 0.25) is 0 Å². The number of aromatic nitrogens is 3. The maximum absolute atomic E-state index is 12.7. The second-order valence-corrected chi connectivity index (χ2v) is 5.78. The van der Waals surface area contributed by atoms with E-state index in [1.165, 1.54) is 11.3 Å². The molecule has 0 amide bonds. The van der Waals surface area contributed by atoms with Crippen molar-refractivity contribution in [2.24, 2.45) is 7.05 Å². The molecule has 0 saturated carbocycles. The maximum atomic E-state index is 12.7. The second kappa shape index (κ2) is 5.58. The lowest BCUT2D eigenvalue weighted by Gasteiger charge is -2.06. The molecule has 0 fully saturated rings. The van der Waals surface area contributed by atoms with Gasteiger partial charge in [-0.15, -0.1) is 17.9 Å². The summed E-state index contributed by atoms with van der Waals surface area (Å²) < 4.78 is 1.69. The molecule has 1 N–H and O–H groups in total. The predicted octanol–water partition coefficient (Wildman–Crippen LogP) is 2.63. The van der Waals surface area contributed by atoms with Crippen LogP contribution < -0.4 is 5.32 Å². The lowest BCUT2D eigenvalue weighted by Crippen LogP contribution is -2.10. The van der Waals surface area contributed by atoms with Gasteiger partial charge >= 0.3 is 0 Å². The molecule has 2 aromatic heterocycles. The molecule has 0 aliphatic carbocycles. The van der Waals surface area contributed by atoms with E-state index in [4.69, 9.17) is 0 Å². The van der Waals surface area contributed by atoms with Crippen LogP contribution in [0.3, 0.4) is 0 Å². The fourth-order valence-electron chi connectivity index (χ4n) is 2.16. The standard InChI is InChI=1S/C14H18N4OS/c1-6-7-15-14-11(8(2)17-18(14)5)12(19)13-9(3)16-10(4)20-13/h6,15H,1,7H2,2-5H3. The highest BCUT2D eigenvalue weighted by molar-refractivity contribution is 7.14. The first-order valence-electron chi connectivity index (χ1n) is 6.32. The Labute approximate surface area is 122 Å². The van der Waals surface area contributed by atoms with Crippen LogP contribution in [0.5, 0.6) is 0 Å². The average molecular weight is 290 g/mol. The van der Waals surface area contributed by atoms with Crippen LogP contribution in [0.15, 0.2) is 12.7 Å². The van der Waals surface area contributed by atoms with E-state index in [-0.39, 0.29) is 5.78 Å². The van der Waals surface area contributed by atoms with Crippen molar-refractivity contribution in [3.8, 4) is 0 Å². The van der Waals surface area contributed by atoms with Gasteiger partial charge in [0.05, 0.1) is 26.8 Å². The van der Waals surface area contributed by atoms with Gasteiger partial charge in [-0.2, -0.15) is 5.10 Å². The molecule has 2 aromatic rings. The molecule has 0 saturated heterocycles. The van der Waals surface area contributed by atoms with Gasteiger partial charge in [0.15, 0.2) is 0 Å². The molecule has 0 bridgehead atoms. The Hall–Kier alpha value is -1.95. The first-order valence-corrected chi connectivity index (χ1v) is 7.14. The predicted molar refractivity (Wildman–Crippen MR) is 81.7 cm³/mol. The Bertz CT molecular complexity index is 669. The molecular formula is C14H18N4OS. The number of carbonyl (C=O) groups excluding carboxylic acids is 1. The second-order valence-electron chi connectivity index (χ2n) is 4.58. The fourth-order valence-corrected chi connectivity index (χ4v) is 3.02. The van der Waals surface area contributed by atoms with E-state index in [9.17, 15) is 4.79 Å². The van der Waals surface area contributed by atoms with E-state index in [1.807, 2.05) is 27.8 Å². The number of anilines is 1. The smallest absolute Gasteiger partial charge is 0.210 e. The Morgan fingerprint density at radius 2 is 2.10 bits per heavy atom. The summed E-state index contributed by atoms with van der Waals surface area (Å²) in [6, 6.07) is 0. The zero-order valence-electron chi connectivity index (χ0n) is 12.1. The van der Waals surface area contributed by atoms with Crippen LogP contribution in [0.1, 0.15) is 31.6 Å².